The molecule has 9 heteroatoms. The number of nitrogens with one attached hydrogen (secondary N) is 2. The van der Waals surface area contributed by atoms with Gasteiger partial charge in [-0.15, -0.1) is 0 Å². The van der Waals surface area contributed by atoms with Gasteiger partial charge in [-0.05, 0) is 77.0 Å². The summed E-state index contributed by atoms with van der Waals surface area (Å²) >= 11 is 21.0. The number of carbonyl (C=O) groups is 1. The number of aromatic nitrogens is 2. The molecule has 3 aromatic rings. The number of Topliss-reactive ketones (excluding diaryl/α,β-unsaturated/α-hetero) is 1. The van der Waals surface area contributed by atoms with Crippen molar-refractivity contribution in [3.63, 3.8) is 0 Å². The van der Waals surface area contributed by atoms with Crippen LogP contribution in [-0.4, -0.2) is 20.7 Å². The van der Waals surface area contributed by atoms with E-state index in [1.54, 1.807) is 41.1 Å². The van der Waals surface area contributed by atoms with Crippen molar-refractivity contribution in [3.05, 3.63) is 74.3 Å². The number of rotatable bonds is 5. The van der Waals surface area contributed by atoms with Gasteiger partial charge < -0.3 is 10.6 Å². The molecule has 1 heterocycles. The van der Waals surface area contributed by atoms with Crippen LogP contribution >= 0.6 is 51.3 Å². The Kier molecular flexibility index (Phi) is 6.72. The second-order valence-corrected chi connectivity index (χ2v) is 8.08. The molecule has 2 aromatic carbocycles. The van der Waals surface area contributed by atoms with E-state index in [-0.39, 0.29) is 5.78 Å². The van der Waals surface area contributed by atoms with E-state index in [1.807, 2.05) is 12.3 Å². The van der Waals surface area contributed by atoms with Gasteiger partial charge in [0.1, 0.15) is 0 Å². The summed E-state index contributed by atoms with van der Waals surface area (Å²) in [6.07, 6.45) is 1.83. The molecule has 28 heavy (non-hydrogen) atoms. The van der Waals surface area contributed by atoms with Crippen molar-refractivity contribution in [2.24, 2.45) is 0 Å². The summed E-state index contributed by atoms with van der Waals surface area (Å²) in [4.78, 5) is 11.3. The molecule has 0 saturated heterocycles. The number of hydrogen-bond donors (Lipinski definition) is 2. The van der Waals surface area contributed by atoms with Crippen LogP contribution < -0.4 is 10.6 Å². The molecule has 0 fully saturated rings. The number of anilines is 2. The van der Waals surface area contributed by atoms with Crippen LogP contribution in [0.2, 0.25) is 10.0 Å². The number of carbonyl (C=O) groups excluding carboxylic acids is 1. The van der Waals surface area contributed by atoms with Gasteiger partial charge in [0.15, 0.2) is 16.7 Å². The maximum Gasteiger partial charge on any atom is 0.176 e. The van der Waals surface area contributed by atoms with Gasteiger partial charge in [-0.3, -0.25) is 9.48 Å². The molecule has 0 atom stereocenters. The van der Waals surface area contributed by atoms with Gasteiger partial charge in [0.2, 0.25) is 0 Å². The molecule has 0 saturated carbocycles. The summed E-state index contributed by atoms with van der Waals surface area (Å²) in [5, 5.41) is 12.1. The first kappa shape index (κ1) is 20.8. The fourth-order valence-corrected chi connectivity index (χ4v) is 3.54. The summed E-state index contributed by atoms with van der Waals surface area (Å²) in [5.74, 6) is 0.588. The number of thiocarbonyl (C=S) groups is 1. The summed E-state index contributed by atoms with van der Waals surface area (Å²) in [5.41, 5.74) is 2.32. The maximum absolute atomic E-state index is 11.3. The second-order valence-electron chi connectivity index (χ2n) is 5.97. The molecule has 0 aliphatic carbocycles. The molecule has 0 aliphatic heterocycles. The van der Waals surface area contributed by atoms with Gasteiger partial charge in [0, 0.05) is 27.5 Å². The van der Waals surface area contributed by atoms with Crippen LogP contribution in [0.4, 0.5) is 11.5 Å². The number of nitrogens with zero attached hydrogens (tertiary/aromatic N) is 2. The lowest BCUT2D eigenvalue weighted by atomic mass is 10.1. The van der Waals surface area contributed by atoms with E-state index in [2.05, 4.69) is 31.7 Å². The fourth-order valence-electron chi connectivity index (χ4n) is 2.45. The minimum Gasteiger partial charge on any atom is -0.332 e. The highest BCUT2D eigenvalue weighted by molar-refractivity contribution is 9.10. The molecule has 0 radical (unpaired) electrons. The highest BCUT2D eigenvalue weighted by Crippen LogP contribution is 2.24. The van der Waals surface area contributed by atoms with E-state index in [9.17, 15) is 4.79 Å². The SMILES string of the molecule is CC(=O)c1ccc(NC(=S)Nc2nn(Cc3ccc(Cl)cc3Cl)cc2Br)cc1. The molecule has 1 aromatic heterocycles. The first-order valence-electron chi connectivity index (χ1n) is 8.17. The van der Waals surface area contributed by atoms with Gasteiger partial charge in [-0.1, -0.05) is 29.3 Å². The standard InChI is InChI=1S/C19H15BrCl2N4OS/c1-11(27)12-3-6-15(7-4-12)23-19(28)24-18-16(20)10-26(25-18)9-13-2-5-14(21)8-17(13)22/h2-8,10H,9H2,1H3,(H2,23,24,25,28). The van der Waals surface area contributed by atoms with E-state index in [0.717, 1.165) is 15.7 Å². The third-order valence-corrected chi connectivity index (χ3v) is 5.22. The van der Waals surface area contributed by atoms with Crippen LogP contribution in [0, 0.1) is 0 Å². The molecular weight excluding hydrogens is 483 g/mol. The molecule has 0 amide bonds. The summed E-state index contributed by atoms with van der Waals surface area (Å²) in [6, 6.07) is 12.4. The van der Waals surface area contributed by atoms with Crippen molar-refractivity contribution in [3.8, 4) is 0 Å². The first-order valence-corrected chi connectivity index (χ1v) is 10.1. The van der Waals surface area contributed by atoms with Gasteiger partial charge in [-0.2, -0.15) is 5.10 Å². The van der Waals surface area contributed by atoms with Crippen molar-refractivity contribution < 1.29 is 4.79 Å². The molecule has 0 bridgehead atoms. The number of benzene rings is 2. The van der Waals surface area contributed by atoms with E-state index >= 15 is 0 Å². The van der Waals surface area contributed by atoms with Crippen LogP contribution in [0.25, 0.3) is 0 Å². The molecular formula is C19H15BrCl2N4OS. The molecule has 2 N–H and O–H groups in total. The monoisotopic (exact) mass is 496 g/mol. The predicted octanol–water partition coefficient (Wildman–Crippen LogP) is 6.01. The molecule has 0 aliphatic rings. The van der Waals surface area contributed by atoms with E-state index in [1.165, 1.54) is 6.92 Å². The third kappa shape index (κ3) is 5.32. The van der Waals surface area contributed by atoms with Crippen molar-refractivity contribution >= 4 is 73.8 Å². The average molecular weight is 498 g/mol. The van der Waals surface area contributed by atoms with Crippen LogP contribution in [0.5, 0.6) is 0 Å². The second kappa shape index (κ2) is 9.05. The number of hydrogen-bond acceptors (Lipinski definition) is 3. The van der Waals surface area contributed by atoms with Crippen molar-refractivity contribution in [2.75, 3.05) is 10.6 Å². The maximum atomic E-state index is 11.3. The molecule has 0 unspecified atom stereocenters. The Labute approximate surface area is 186 Å². The summed E-state index contributed by atoms with van der Waals surface area (Å²) in [7, 11) is 0. The zero-order chi connectivity index (χ0) is 20.3. The Morgan fingerprint density at radius 1 is 1.18 bits per heavy atom. The molecule has 0 spiro atoms. The van der Waals surface area contributed by atoms with Gasteiger partial charge >= 0.3 is 0 Å². The zero-order valence-corrected chi connectivity index (χ0v) is 18.6. The average Bonchev–Trinajstić information content (AvgIpc) is 2.97. The smallest absolute Gasteiger partial charge is 0.176 e. The van der Waals surface area contributed by atoms with Crippen molar-refractivity contribution in [1.82, 2.24) is 9.78 Å². The zero-order valence-electron chi connectivity index (χ0n) is 14.7. The lowest BCUT2D eigenvalue weighted by Crippen LogP contribution is -2.19. The Morgan fingerprint density at radius 2 is 1.89 bits per heavy atom. The molecule has 144 valence electrons. The number of halogens is 3. The van der Waals surface area contributed by atoms with E-state index < -0.39 is 0 Å². The van der Waals surface area contributed by atoms with Gasteiger partial charge in [0.25, 0.3) is 0 Å². The number of ketones is 1. The van der Waals surface area contributed by atoms with E-state index in [0.29, 0.717) is 33.1 Å². The Morgan fingerprint density at radius 3 is 2.54 bits per heavy atom. The van der Waals surface area contributed by atoms with Crippen LogP contribution in [-0.2, 0) is 6.54 Å². The largest absolute Gasteiger partial charge is 0.332 e. The molecule has 5 nitrogen and oxygen atoms in total. The van der Waals surface area contributed by atoms with Gasteiger partial charge in [0.05, 0.1) is 11.0 Å². The van der Waals surface area contributed by atoms with Crippen LogP contribution in [0.15, 0.2) is 53.1 Å². The minimum absolute atomic E-state index is 0.0162. The quantitative estimate of drug-likeness (QED) is 0.333. The Balaban J connectivity index is 1.65. The third-order valence-electron chi connectivity index (χ3n) is 3.85. The minimum atomic E-state index is 0.0162. The molecule has 3 rings (SSSR count). The highest BCUT2D eigenvalue weighted by atomic mass is 79.9. The first-order chi connectivity index (χ1) is 13.3. The van der Waals surface area contributed by atoms with Crippen LogP contribution in [0.3, 0.4) is 0 Å². The van der Waals surface area contributed by atoms with Gasteiger partial charge in [-0.25, -0.2) is 0 Å². The lowest BCUT2D eigenvalue weighted by Gasteiger charge is -2.09. The highest BCUT2D eigenvalue weighted by Gasteiger charge is 2.10. The lowest BCUT2D eigenvalue weighted by molar-refractivity contribution is 0.101. The summed E-state index contributed by atoms with van der Waals surface area (Å²) in [6.45, 7) is 2.02. The Hall–Kier alpha value is -1.93. The van der Waals surface area contributed by atoms with Crippen molar-refractivity contribution in [1.29, 1.82) is 0 Å². The fraction of sp³-hybridized carbons (Fsp3) is 0.105. The van der Waals surface area contributed by atoms with Crippen LogP contribution in [0.1, 0.15) is 22.8 Å². The topological polar surface area (TPSA) is 59.0 Å². The predicted molar refractivity (Wildman–Crippen MR) is 122 cm³/mol. The van der Waals surface area contributed by atoms with Crippen molar-refractivity contribution in [2.45, 2.75) is 13.5 Å². The van der Waals surface area contributed by atoms with E-state index in [4.69, 9.17) is 35.4 Å². The Bertz CT molecular complexity index is 1040. The normalized spacial score (nSPS) is 10.6. The summed E-state index contributed by atoms with van der Waals surface area (Å²) < 4.78 is 2.50.